The second-order valence-electron chi connectivity index (χ2n) is 11.7. The van der Waals surface area contributed by atoms with E-state index in [-0.39, 0.29) is 24.7 Å². The maximum absolute atomic E-state index is 14.1. The van der Waals surface area contributed by atoms with Crippen molar-refractivity contribution in [2.75, 3.05) is 18.5 Å². The van der Waals surface area contributed by atoms with Gasteiger partial charge in [0.05, 0.1) is 23.9 Å². The Hall–Kier alpha value is -3.43. The first-order chi connectivity index (χ1) is 19.3. The summed E-state index contributed by atoms with van der Waals surface area (Å²) < 4.78 is 12.1. The van der Waals surface area contributed by atoms with Crippen molar-refractivity contribution < 1.29 is 23.9 Å². The molecule has 2 aromatic rings. The summed E-state index contributed by atoms with van der Waals surface area (Å²) in [5.41, 5.74) is 5.09. The first-order valence-electron chi connectivity index (χ1n) is 14.3. The van der Waals surface area contributed by atoms with Crippen LogP contribution in [-0.2, 0) is 4.74 Å². The summed E-state index contributed by atoms with van der Waals surface area (Å²) in [6.45, 7) is 20.5. The number of carbonyl (C=O) groups is 2. The van der Waals surface area contributed by atoms with Gasteiger partial charge in [-0.1, -0.05) is 60.3 Å². The highest BCUT2D eigenvalue weighted by molar-refractivity contribution is 6.78. The van der Waals surface area contributed by atoms with Crippen molar-refractivity contribution in [3.8, 4) is 5.75 Å². The third kappa shape index (κ3) is 6.90. The molecule has 0 unspecified atom stereocenters. The molecule has 1 aromatic carbocycles. The maximum Gasteiger partial charge on any atom is 0.411 e. The number of aromatic nitrogens is 1. The summed E-state index contributed by atoms with van der Waals surface area (Å²) >= 11 is 0. The van der Waals surface area contributed by atoms with Crippen molar-refractivity contribution in [2.45, 2.75) is 84.5 Å². The number of benzene rings is 1. The normalized spacial score (nSPS) is 15.4. The number of amides is 2. The van der Waals surface area contributed by atoms with Crippen LogP contribution in [0.25, 0.3) is 5.57 Å². The second kappa shape index (κ2) is 13.5. The molecule has 1 aliphatic heterocycles. The average Bonchev–Trinajstić information content (AvgIpc) is 3.35. The fourth-order valence-electron chi connectivity index (χ4n) is 5.95. The number of nitrogens with one attached hydrogen (secondary N) is 1. The SMILES string of the molecule is C=CCOC(=O)Nc1cc(O[Si](C(C)C)(C(C)C)C(C)C)c(C)cc1C(=O)N1C=C(c2ccc(C)nc2)C[C@H]1CO. The average molecular weight is 580 g/mol. The van der Waals surface area contributed by atoms with Crippen LogP contribution in [0.3, 0.4) is 0 Å². The lowest BCUT2D eigenvalue weighted by molar-refractivity contribution is 0.0733. The zero-order valence-electron chi connectivity index (χ0n) is 25.7. The summed E-state index contributed by atoms with van der Waals surface area (Å²) in [4.78, 5) is 32.6. The lowest BCUT2D eigenvalue weighted by Crippen LogP contribution is -2.50. The second-order valence-corrected chi connectivity index (χ2v) is 17.1. The predicted octanol–water partition coefficient (Wildman–Crippen LogP) is 7.24. The highest BCUT2D eigenvalue weighted by Crippen LogP contribution is 2.44. The van der Waals surface area contributed by atoms with Gasteiger partial charge in [-0.25, -0.2) is 4.79 Å². The molecule has 41 heavy (non-hydrogen) atoms. The summed E-state index contributed by atoms with van der Waals surface area (Å²) in [5, 5.41) is 12.9. The number of hydrogen-bond donors (Lipinski definition) is 2. The van der Waals surface area contributed by atoms with Gasteiger partial charge >= 0.3 is 6.09 Å². The van der Waals surface area contributed by atoms with Gasteiger partial charge in [-0.15, -0.1) is 0 Å². The molecule has 2 N–H and O–H groups in total. The van der Waals surface area contributed by atoms with Crippen molar-refractivity contribution in [3.05, 3.63) is 71.7 Å². The molecule has 0 spiro atoms. The molecule has 9 heteroatoms. The molecule has 2 amide bonds. The molecule has 0 fully saturated rings. The van der Waals surface area contributed by atoms with E-state index in [9.17, 15) is 14.7 Å². The van der Waals surface area contributed by atoms with E-state index in [4.69, 9.17) is 9.16 Å². The zero-order valence-corrected chi connectivity index (χ0v) is 26.7. The van der Waals surface area contributed by atoms with Gasteiger partial charge in [0.25, 0.3) is 14.2 Å². The summed E-state index contributed by atoms with van der Waals surface area (Å²) in [6.07, 6.45) is 4.81. The quantitative estimate of drug-likeness (QED) is 0.215. The molecular formula is C32H45N3O5Si. The van der Waals surface area contributed by atoms with E-state index in [2.05, 4.69) is 58.4 Å². The van der Waals surface area contributed by atoms with E-state index in [0.29, 0.717) is 34.5 Å². The van der Waals surface area contributed by atoms with Gasteiger partial charge in [0, 0.05) is 24.2 Å². The van der Waals surface area contributed by atoms with Crippen molar-refractivity contribution in [3.63, 3.8) is 0 Å². The van der Waals surface area contributed by atoms with Gasteiger partial charge in [0.2, 0.25) is 0 Å². The minimum Gasteiger partial charge on any atom is -0.542 e. The Morgan fingerprint density at radius 1 is 1.15 bits per heavy atom. The van der Waals surface area contributed by atoms with Crippen LogP contribution in [0.1, 0.15) is 75.1 Å². The minimum atomic E-state index is -2.32. The van der Waals surface area contributed by atoms with Crippen molar-refractivity contribution in [1.29, 1.82) is 0 Å². The smallest absolute Gasteiger partial charge is 0.411 e. The number of aryl methyl sites for hydroxylation is 2. The Morgan fingerprint density at radius 3 is 2.34 bits per heavy atom. The standard InChI is InChI=1S/C32H45N3O5Si/c1-10-13-39-32(38)34-29-16-30(40-41(20(2)3,21(4)5)22(6)7)23(8)14-28(29)31(37)35-18-26(15-27(35)19-36)25-12-11-24(9)33-17-25/h10-12,14,16-18,20-22,27,36H,1,13,15,19H2,2-9H3,(H,34,38)/t27-/m0/s1. The largest absolute Gasteiger partial charge is 0.542 e. The molecule has 0 saturated heterocycles. The topological polar surface area (TPSA) is 101 Å². The number of carbonyl (C=O) groups excluding carboxylic acids is 2. The number of anilines is 1. The fraction of sp³-hybridized carbons (Fsp3) is 0.469. The maximum atomic E-state index is 14.1. The molecule has 8 nitrogen and oxygen atoms in total. The summed E-state index contributed by atoms with van der Waals surface area (Å²) in [6, 6.07) is 6.94. The van der Waals surface area contributed by atoms with Crippen molar-refractivity contribution in [1.82, 2.24) is 9.88 Å². The number of ether oxygens (including phenoxy) is 1. The highest BCUT2D eigenvalue weighted by Gasteiger charge is 2.47. The zero-order chi connectivity index (χ0) is 30.5. The number of nitrogens with zero attached hydrogens (tertiary/aromatic N) is 2. The molecule has 1 aromatic heterocycles. The molecule has 2 heterocycles. The van der Waals surface area contributed by atoms with Crippen LogP contribution in [0.2, 0.25) is 16.6 Å². The number of rotatable bonds is 11. The Kier molecular flexibility index (Phi) is 10.6. The monoisotopic (exact) mass is 579 g/mol. The van der Waals surface area contributed by atoms with Gasteiger partial charge in [0.15, 0.2) is 0 Å². The van der Waals surface area contributed by atoms with Crippen LogP contribution < -0.4 is 9.74 Å². The molecule has 0 aliphatic carbocycles. The van der Waals surface area contributed by atoms with Crippen molar-refractivity contribution >= 4 is 31.6 Å². The molecule has 0 bridgehead atoms. The summed E-state index contributed by atoms with van der Waals surface area (Å²) in [7, 11) is -2.32. The Morgan fingerprint density at radius 2 is 1.80 bits per heavy atom. The number of hydrogen-bond acceptors (Lipinski definition) is 6. The predicted molar refractivity (Wildman–Crippen MR) is 167 cm³/mol. The highest BCUT2D eigenvalue weighted by atomic mass is 28.4. The number of aliphatic hydroxyl groups excluding tert-OH is 1. The van der Waals surface area contributed by atoms with Crippen LogP contribution in [0.4, 0.5) is 10.5 Å². The van der Waals surface area contributed by atoms with E-state index in [1.54, 1.807) is 29.4 Å². The molecule has 0 saturated carbocycles. The first-order valence-corrected chi connectivity index (χ1v) is 16.4. The van der Waals surface area contributed by atoms with Crippen LogP contribution in [-0.4, -0.2) is 54.6 Å². The minimum absolute atomic E-state index is 0.0315. The van der Waals surface area contributed by atoms with Gasteiger partial charge < -0.3 is 19.2 Å². The molecule has 1 aliphatic rings. The Bertz CT molecular complexity index is 1270. The lowest BCUT2D eigenvalue weighted by atomic mass is 10.0. The Balaban J connectivity index is 2.09. The van der Waals surface area contributed by atoms with Crippen LogP contribution in [0, 0.1) is 13.8 Å². The van der Waals surface area contributed by atoms with E-state index in [1.807, 2.05) is 26.0 Å². The molecular weight excluding hydrogens is 534 g/mol. The van der Waals surface area contributed by atoms with E-state index >= 15 is 0 Å². The number of pyridine rings is 1. The van der Waals surface area contributed by atoms with Crippen LogP contribution >= 0.6 is 0 Å². The number of aliphatic hydroxyl groups is 1. The van der Waals surface area contributed by atoms with Crippen molar-refractivity contribution in [2.24, 2.45) is 0 Å². The molecule has 0 radical (unpaired) electrons. The fourth-order valence-corrected chi connectivity index (χ4v) is 11.3. The van der Waals surface area contributed by atoms with E-state index in [1.165, 1.54) is 6.08 Å². The Labute approximate surface area is 245 Å². The first kappa shape index (κ1) is 32.1. The third-order valence-electron chi connectivity index (χ3n) is 7.98. The summed E-state index contributed by atoms with van der Waals surface area (Å²) in [5.74, 6) is 0.304. The van der Waals surface area contributed by atoms with Gasteiger partial charge in [-0.05, 0) is 65.7 Å². The van der Waals surface area contributed by atoms with Gasteiger partial charge in [-0.2, -0.15) is 0 Å². The van der Waals surface area contributed by atoms with Gasteiger partial charge in [-0.3, -0.25) is 15.1 Å². The molecule has 1 atom stereocenters. The third-order valence-corrected chi connectivity index (χ3v) is 14.0. The lowest BCUT2D eigenvalue weighted by Gasteiger charge is -2.42. The molecule has 222 valence electrons. The van der Waals surface area contributed by atoms with Crippen LogP contribution in [0.15, 0.2) is 49.3 Å². The molecule has 3 rings (SSSR count). The van der Waals surface area contributed by atoms with E-state index in [0.717, 1.165) is 22.4 Å². The van der Waals surface area contributed by atoms with Gasteiger partial charge in [0.1, 0.15) is 12.4 Å². The van der Waals surface area contributed by atoms with E-state index < -0.39 is 20.5 Å². The van der Waals surface area contributed by atoms with Crippen LogP contribution in [0.5, 0.6) is 5.75 Å².